The van der Waals surface area contributed by atoms with Crippen molar-refractivity contribution < 1.29 is 22.7 Å². The van der Waals surface area contributed by atoms with Crippen LogP contribution in [-0.2, 0) is 19.6 Å². The molecule has 2 aromatic carbocycles. The van der Waals surface area contributed by atoms with Crippen LogP contribution in [0.25, 0.3) is 0 Å². The normalized spacial score (nSPS) is 15.0. The number of hydrogen-bond acceptors (Lipinski definition) is 5. The summed E-state index contributed by atoms with van der Waals surface area (Å²) in [6.07, 6.45) is 0.0830. The van der Waals surface area contributed by atoms with Crippen LogP contribution < -0.4 is 10.1 Å². The van der Waals surface area contributed by atoms with E-state index < -0.39 is 10.0 Å². The van der Waals surface area contributed by atoms with Crippen molar-refractivity contribution in [3.05, 3.63) is 52.0 Å². The second-order valence-electron chi connectivity index (χ2n) is 6.72. The number of amides is 1. The van der Waals surface area contributed by atoms with Crippen molar-refractivity contribution in [2.24, 2.45) is 0 Å². The summed E-state index contributed by atoms with van der Waals surface area (Å²) in [5.41, 5.74) is 1.02. The van der Waals surface area contributed by atoms with Gasteiger partial charge in [-0.25, -0.2) is 8.42 Å². The molecular weight excluding hydrogens is 451 g/mol. The number of rotatable bonds is 7. The molecule has 2 aromatic rings. The molecular formula is C20H22Cl2N2O5S. The van der Waals surface area contributed by atoms with Crippen LogP contribution in [0.5, 0.6) is 5.75 Å². The molecule has 1 aliphatic rings. The summed E-state index contributed by atoms with van der Waals surface area (Å²) in [7, 11) is -3.66. The van der Waals surface area contributed by atoms with Crippen LogP contribution >= 0.6 is 23.2 Å². The van der Waals surface area contributed by atoms with Gasteiger partial charge in [0.15, 0.2) is 0 Å². The Balaban J connectivity index is 1.61. The lowest BCUT2D eigenvalue weighted by molar-refractivity contribution is -0.116. The number of aryl methyl sites for hydroxylation is 1. The summed E-state index contributed by atoms with van der Waals surface area (Å²) in [6, 6.07) is 9.68. The van der Waals surface area contributed by atoms with E-state index >= 15 is 0 Å². The van der Waals surface area contributed by atoms with Crippen molar-refractivity contribution in [3.63, 3.8) is 0 Å². The number of ether oxygens (including phenoxy) is 2. The number of carbonyl (C=O) groups excluding carboxylic acids is 1. The first-order valence-corrected chi connectivity index (χ1v) is 11.5. The Hall–Kier alpha value is -1.84. The standard InChI is InChI=1S/C20H22Cl2N2O5S/c1-14-2-3-15(12-19(14)30(26,27)24-7-10-28-11-8-24)23-20(25)6-9-29-16-4-5-17(21)18(22)13-16/h2-5,12-13H,6-11H2,1H3,(H,23,25). The summed E-state index contributed by atoms with van der Waals surface area (Å²) < 4.78 is 38.0. The molecule has 1 saturated heterocycles. The average Bonchev–Trinajstić information content (AvgIpc) is 2.72. The van der Waals surface area contributed by atoms with E-state index in [4.69, 9.17) is 32.7 Å². The Labute approximate surface area is 185 Å². The maximum absolute atomic E-state index is 12.9. The Bertz CT molecular complexity index is 1020. The molecule has 1 fully saturated rings. The third kappa shape index (κ3) is 5.65. The van der Waals surface area contributed by atoms with Crippen molar-refractivity contribution in [1.29, 1.82) is 0 Å². The first-order chi connectivity index (χ1) is 14.3. The minimum Gasteiger partial charge on any atom is -0.493 e. The smallest absolute Gasteiger partial charge is 0.243 e. The van der Waals surface area contributed by atoms with E-state index in [1.54, 1.807) is 37.3 Å². The number of nitrogens with zero attached hydrogens (tertiary/aromatic N) is 1. The first-order valence-electron chi connectivity index (χ1n) is 9.33. The fourth-order valence-electron chi connectivity index (χ4n) is 2.93. The summed E-state index contributed by atoms with van der Waals surface area (Å²) in [6.45, 7) is 3.22. The number of sulfonamides is 1. The van der Waals surface area contributed by atoms with E-state index in [0.717, 1.165) is 0 Å². The number of morpholine rings is 1. The Morgan fingerprint density at radius 2 is 1.87 bits per heavy atom. The molecule has 0 aromatic heterocycles. The minimum absolute atomic E-state index is 0.0830. The van der Waals surface area contributed by atoms with Crippen molar-refractivity contribution >= 4 is 44.8 Å². The van der Waals surface area contributed by atoms with Crippen molar-refractivity contribution in [2.45, 2.75) is 18.2 Å². The second-order valence-corrected chi connectivity index (χ2v) is 9.44. The zero-order valence-corrected chi connectivity index (χ0v) is 18.7. The minimum atomic E-state index is -3.66. The quantitative estimate of drug-likeness (QED) is 0.663. The number of halogens is 2. The third-order valence-electron chi connectivity index (χ3n) is 4.55. The van der Waals surface area contributed by atoms with Gasteiger partial charge in [0.2, 0.25) is 15.9 Å². The molecule has 7 nitrogen and oxygen atoms in total. The summed E-state index contributed by atoms with van der Waals surface area (Å²) >= 11 is 11.8. The first kappa shape index (κ1) is 22.8. The zero-order valence-electron chi connectivity index (χ0n) is 16.4. The van der Waals surface area contributed by atoms with Crippen LogP contribution in [0.4, 0.5) is 5.69 Å². The van der Waals surface area contributed by atoms with Gasteiger partial charge < -0.3 is 14.8 Å². The molecule has 0 aliphatic carbocycles. The zero-order chi connectivity index (χ0) is 21.7. The highest BCUT2D eigenvalue weighted by Gasteiger charge is 2.28. The lowest BCUT2D eigenvalue weighted by atomic mass is 10.2. The molecule has 3 rings (SSSR count). The van der Waals surface area contributed by atoms with Gasteiger partial charge in [0.25, 0.3) is 0 Å². The van der Waals surface area contributed by atoms with Gasteiger partial charge in [0.1, 0.15) is 5.75 Å². The monoisotopic (exact) mass is 472 g/mol. The van der Waals surface area contributed by atoms with Gasteiger partial charge in [0, 0.05) is 24.8 Å². The third-order valence-corrected chi connectivity index (χ3v) is 7.33. The molecule has 1 N–H and O–H groups in total. The average molecular weight is 473 g/mol. The van der Waals surface area contributed by atoms with Gasteiger partial charge in [-0.15, -0.1) is 0 Å². The van der Waals surface area contributed by atoms with Crippen molar-refractivity contribution in [3.8, 4) is 5.75 Å². The van der Waals surface area contributed by atoms with Crippen LogP contribution in [0.1, 0.15) is 12.0 Å². The molecule has 0 bridgehead atoms. The molecule has 1 aliphatic heterocycles. The van der Waals surface area contributed by atoms with Gasteiger partial charge in [-0.2, -0.15) is 4.31 Å². The number of hydrogen-bond donors (Lipinski definition) is 1. The fraction of sp³-hybridized carbons (Fsp3) is 0.350. The van der Waals surface area contributed by atoms with E-state index in [1.807, 2.05) is 0 Å². The van der Waals surface area contributed by atoms with E-state index in [2.05, 4.69) is 5.32 Å². The number of anilines is 1. The molecule has 0 atom stereocenters. The fourth-order valence-corrected chi connectivity index (χ4v) is 4.88. The van der Waals surface area contributed by atoms with Gasteiger partial charge in [-0.05, 0) is 36.8 Å². The molecule has 30 heavy (non-hydrogen) atoms. The SMILES string of the molecule is Cc1ccc(NC(=O)CCOc2ccc(Cl)c(Cl)c2)cc1S(=O)(=O)N1CCOCC1. The largest absolute Gasteiger partial charge is 0.493 e. The maximum Gasteiger partial charge on any atom is 0.243 e. The van der Waals surface area contributed by atoms with E-state index in [9.17, 15) is 13.2 Å². The van der Waals surface area contributed by atoms with E-state index in [0.29, 0.717) is 53.3 Å². The highest BCUT2D eigenvalue weighted by molar-refractivity contribution is 7.89. The predicted molar refractivity (Wildman–Crippen MR) is 116 cm³/mol. The lowest BCUT2D eigenvalue weighted by Gasteiger charge is -2.26. The highest BCUT2D eigenvalue weighted by atomic mass is 35.5. The topological polar surface area (TPSA) is 84.9 Å². The Kier molecular flexibility index (Phi) is 7.60. The molecule has 10 heteroatoms. The molecule has 1 amide bonds. The lowest BCUT2D eigenvalue weighted by Crippen LogP contribution is -2.40. The molecule has 0 radical (unpaired) electrons. The van der Waals surface area contributed by atoms with Crippen molar-refractivity contribution in [1.82, 2.24) is 4.31 Å². The number of carbonyl (C=O) groups is 1. The van der Waals surface area contributed by atoms with E-state index in [1.165, 1.54) is 10.4 Å². The molecule has 162 valence electrons. The van der Waals surface area contributed by atoms with Crippen molar-refractivity contribution in [2.75, 3.05) is 38.2 Å². The summed E-state index contributed by atoms with van der Waals surface area (Å²) in [4.78, 5) is 12.4. The predicted octanol–water partition coefficient (Wildman–Crippen LogP) is 3.73. The Morgan fingerprint density at radius 3 is 2.57 bits per heavy atom. The van der Waals surface area contributed by atoms with Crippen LogP contribution in [-0.4, -0.2) is 51.5 Å². The van der Waals surface area contributed by atoms with Gasteiger partial charge in [-0.3, -0.25) is 4.79 Å². The molecule has 0 spiro atoms. The van der Waals surface area contributed by atoms with Crippen LogP contribution in [0, 0.1) is 6.92 Å². The second kappa shape index (κ2) is 9.98. The van der Waals surface area contributed by atoms with Gasteiger partial charge >= 0.3 is 0 Å². The van der Waals surface area contributed by atoms with Crippen LogP contribution in [0.3, 0.4) is 0 Å². The Morgan fingerprint density at radius 1 is 1.13 bits per heavy atom. The molecule has 0 saturated carbocycles. The highest BCUT2D eigenvalue weighted by Crippen LogP contribution is 2.27. The summed E-state index contributed by atoms with van der Waals surface area (Å²) in [5.74, 6) is 0.208. The number of nitrogens with one attached hydrogen (secondary N) is 1. The van der Waals surface area contributed by atoms with Crippen LogP contribution in [0.2, 0.25) is 10.0 Å². The molecule has 1 heterocycles. The van der Waals surface area contributed by atoms with Gasteiger partial charge in [0.05, 0.1) is 41.2 Å². The maximum atomic E-state index is 12.9. The van der Waals surface area contributed by atoms with Gasteiger partial charge in [-0.1, -0.05) is 29.3 Å². The molecule has 0 unspecified atom stereocenters. The van der Waals surface area contributed by atoms with Crippen LogP contribution in [0.15, 0.2) is 41.3 Å². The summed E-state index contributed by atoms with van der Waals surface area (Å²) in [5, 5.41) is 3.51. The van der Waals surface area contributed by atoms with E-state index in [-0.39, 0.29) is 23.8 Å². The number of benzene rings is 2.